The fourth-order valence-corrected chi connectivity index (χ4v) is 2.44. The lowest BCUT2D eigenvalue weighted by Crippen LogP contribution is -2.25. The predicted molar refractivity (Wildman–Crippen MR) is 103 cm³/mol. The lowest BCUT2D eigenvalue weighted by atomic mass is 10.2. The van der Waals surface area contributed by atoms with Crippen LogP contribution >= 0.6 is 0 Å². The monoisotopic (exact) mass is 355 g/mol. The maximum Gasteiger partial charge on any atom is 0.270 e. The standard InChI is InChI=1S/C19H25N5O2/c1-4-5-6-10-20-19(26)17-12-18(22-13(2)21-17)24-16-9-7-8-15(11-16)23-14(3)25/h7-9,11-12H,4-6,10H2,1-3H3,(H,20,26)(H,23,25)(H,21,22,24). The molecule has 0 aliphatic heterocycles. The Hall–Kier alpha value is -2.96. The highest BCUT2D eigenvalue weighted by Crippen LogP contribution is 2.19. The lowest BCUT2D eigenvalue weighted by Gasteiger charge is -2.10. The molecule has 2 rings (SSSR count). The van der Waals surface area contributed by atoms with Gasteiger partial charge in [-0.3, -0.25) is 9.59 Å². The summed E-state index contributed by atoms with van der Waals surface area (Å²) >= 11 is 0. The van der Waals surface area contributed by atoms with Crippen molar-refractivity contribution in [3.8, 4) is 0 Å². The number of aryl methyl sites for hydroxylation is 1. The number of nitrogens with zero attached hydrogens (tertiary/aromatic N) is 2. The van der Waals surface area contributed by atoms with Gasteiger partial charge in [-0.25, -0.2) is 9.97 Å². The molecule has 1 aromatic heterocycles. The highest BCUT2D eigenvalue weighted by Gasteiger charge is 2.10. The second-order valence-corrected chi connectivity index (χ2v) is 6.04. The number of hydrogen-bond acceptors (Lipinski definition) is 5. The summed E-state index contributed by atoms with van der Waals surface area (Å²) in [6.07, 6.45) is 3.14. The van der Waals surface area contributed by atoms with E-state index in [9.17, 15) is 9.59 Å². The van der Waals surface area contributed by atoms with Crippen LogP contribution in [0.2, 0.25) is 0 Å². The minimum absolute atomic E-state index is 0.137. The molecule has 0 aliphatic rings. The van der Waals surface area contributed by atoms with Gasteiger partial charge in [-0.2, -0.15) is 0 Å². The number of benzene rings is 1. The number of hydrogen-bond donors (Lipinski definition) is 3. The second kappa shape index (κ2) is 9.50. The lowest BCUT2D eigenvalue weighted by molar-refractivity contribution is -0.114. The number of amides is 2. The van der Waals surface area contributed by atoms with Gasteiger partial charge in [-0.05, 0) is 31.5 Å². The summed E-state index contributed by atoms with van der Waals surface area (Å²) in [5.41, 5.74) is 1.76. The van der Waals surface area contributed by atoms with Gasteiger partial charge in [-0.15, -0.1) is 0 Å². The largest absolute Gasteiger partial charge is 0.351 e. The zero-order chi connectivity index (χ0) is 18.9. The zero-order valence-electron chi connectivity index (χ0n) is 15.4. The van der Waals surface area contributed by atoms with Crippen molar-refractivity contribution >= 4 is 29.0 Å². The van der Waals surface area contributed by atoms with Crippen LogP contribution in [0.25, 0.3) is 0 Å². The third-order valence-electron chi connectivity index (χ3n) is 3.59. The van der Waals surface area contributed by atoms with Crippen LogP contribution in [0.15, 0.2) is 30.3 Å². The Morgan fingerprint density at radius 2 is 1.85 bits per heavy atom. The van der Waals surface area contributed by atoms with E-state index in [-0.39, 0.29) is 11.8 Å². The third kappa shape index (κ3) is 6.16. The fraction of sp³-hybridized carbons (Fsp3) is 0.368. The highest BCUT2D eigenvalue weighted by molar-refractivity contribution is 5.93. The smallest absolute Gasteiger partial charge is 0.270 e. The van der Waals surface area contributed by atoms with Gasteiger partial charge in [-0.1, -0.05) is 25.8 Å². The van der Waals surface area contributed by atoms with Gasteiger partial charge in [0, 0.05) is 30.9 Å². The van der Waals surface area contributed by atoms with Gasteiger partial charge >= 0.3 is 0 Å². The first-order chi connectivity index (χ1) is 12.5. The zero-order valence-corrected chi connectivity index (χ0v) is 15.4. The maximum atomic E-state index is 12.3. The first-order valence-corrected chi connectivity index (χ1v) is 8.76. The molecule has 0 radical (unpaired) electrons. The summed E-state index contributed by atoms with van der Waals surface area (Å²) in [6, 6.07) is 8.89. The van der Waals surface area contributed by atoms with Crippen LogP contribution in [-0.4, -0.2) is 28.3 Å². The molecule has 0 saturated carbocycles. The molecule has 26 heavy (non-hydrogen) atoms. The number of anilines is 3. The molecule has 0 unspecified atom stereocenters. The molecule has 7 nitrogen and oxygen atoms in total. The summed E-state index contributed by atoms with van der Waals surface area (Å²) in [6.45, 7) is 5.96. The van der Waals surface area contributed by atoms with Crippen LogP contribution in [0.5, 0.6) is 0 Å². The van der Waals surface area contributed by atoms with E-state index in [2.05, 4.69) is 32.8 Å². The third-order valence-corrected chi connectivity index (χ3v) is 3.59. The van der Waals surface area contributed by atoms with E-state index in [1.807, 2.05) is 12.1 Å². The summed E-state index contributed by atoms with van der Waals surface area (Å²) in [5, 5.41) is 8.76. The van der Waals surface area contributed by atoms with E-state index in [0.29, 0.717) is 29.6 Å². The molecule has 7 heteroatoms. The van der Waals surface area contributed by atoms with Crippen molar-refractivity contribution in [1.82, 2.24) is 15.3 Å². The van der Waals surface area contributed by atoms with Crippen molar-refractivity contribution < 1.29 is 9.59 Å². The number of carbonyl (C=O) groups excluding carboxylic acids is 2. The molecule has 0 bridgehead atoms. The summed E-state index contributed by atoms with van der Waals surface area (Å²) in [5.74, 6) is 0.687. The Morgan fingerprint density at radius 1 is 1.08 bits per heavy atom. The molecule has 0 saturated heterocycles. The maximum absolute atomic E-state index is 12.3. The van der Waals surface area contributed by atoms with Gasteiger partial charge in [0.05, 0.1) is 0 Å². The molecule has 1 aromatic carbocycles. The van der Waals surface area contributed by atoms with Crippen LogP contribution in [0.1, 0.15) is 49.4 Å². The molecule has 3 N–H and O–H groups in total. The van der Waals surface area contributed by atoms with Crippen LogP contribution in [0.3, 0.4) is 0 Å². The number of unbranched alkanes of at least 4 members (excludes halogenated alkanes) is 2. The van der Waals surface area contributed by atoms with E-state index < -0.39 is 0 Å². The van der Waals surface area contributed by atoms with Gasteiger partial charge in [0.15, 0.2) is 0 Å². The molecule has 0 atom stereocenters. The molecule has 138 valence electrons. The first kappa shape index (κ1) is 19.4. The van der Waals surface area contributed by atoms with Crippen molar-refractivity contribution in [3.05, 3.63) is 41.9 Å². The molecule has 2 amide bonds. The minimum Gasteiger partial charge on any atom is -0.351 e. The Kier molecular flexibility index (Phi) is 7.08. The summed E-state index contributed by atoms with van der Waals surface area (Å²) < 4.78 is 0. The molecular formula is C19H25N5O2. The number of rotatable bonds is 8. The van der Waals surface area contributed by atoms with Crippen molar-refractivity contribution in [3.63, 3.8) is 0 Å². The fourth-order valence-electron chi connectivity index (χ4n) is 2.44. The predicted octanol–water partition coefficient (Wildman–Crippen LogP) is 3.41. The van der Waals surface area contributed by atoms with Crippen molar-refractivity contribution in [1.29, 1.82) is 0 Å². The van der Waals surface area contributed by atoms with Gasteiger partial charge in [0.1, 0.15) is 17.3 Å². The summed E-state index contributed by atoms with van der Waals surface area (Å²) in [7, 11) is 0. The van der Waals surface area contributed by atoms with Gasteiger partial charge in [0.2, 0.25) is 5.91 Å². The Bertz CT molecular complexity index is 776. The van der Waals surface area contributed by atoms with E-state index in [1.54, 1.807) is 25.1 Å². The molecular weight excluding hydrogens is 330 g/mol. The van der Waals surface area contributed by atoms with Gasteiger partial charge < -0.3 is 16.0 Å². The average Bonchev–Trinajstić information content (AvgIpc) is 2.57. The minimum atomic E-state index is -0.207. The Morgan fingerprint density at radius 3 is 2.58 bits per heavy atom. The van der Waals surface area contributed by atoms with Crippen LogP contribution in [-0.2, 0) is 4.79 Å². The van der Waals surface area contributed by atoms with E-state index in [1.165, 1.54) is 6.92 Å². The second-order valence-electron chi connectivity index (χ2n) is 6.04. The average molecular weight is 355 g/mol. The molecule has 0 aliphatic carbocycles. The Labute approximate surface area is 153 Å². The van der Waals surface area contributed by atoms with Crippen molar-refractivity contribution in [2.45, 2.75) is 40.0 Å². The highest BCUT2D eigenvalue weighted by atomic mass is 16.2. The van der Waals surface area contributed by atoms with Crippen molar-refractivity contribution in [2.24, 2.45) is 0 Å². The molecule has 2 aromatic rings. The van der Waals surface area contributed by atoms with E-state index in [4.69, 9.17) is 0 Å². The first-order valence-electron chi connectivity index (χ1n) is 8.76. The molecule has 0 spiro atoms. The number of carbonyl (C=O) groups is 2. The number of nitrogens with one attached hydrogen (secondary N) is 3. The number of aromatic nitrogens is 2. The molecule has 1 heterocycles. The van der Waals surface area contributed by atoms with Crippen molar-refractivity contribution in [2.75, 3.05) is 17.2 Å². The van der Waals surface area contributed by atoms with Crippen LogP contribution in [0.4, 0.5) is 17.2 Å². The van der Waals surface area contributed by atoms with Gasteiger partial charge in [0.25, 0.3) is 5.91 Å². The Balaban J connectivity index is 2.09. The molecule has 0 fully saturated rings. The van der Waals surface area contributed by atoms with Crippen LogP contribution < -0.4 is 16.0 Å². The normalized spacial score (nSPS) is 10.3. The van der Waals surface area contributed by atoms with E-state index in [0.717, 1.165) is 24.9 Å². The van der Waals surface area contributed by atoms with Crippen LogP contribution in [0, 0.1) is 6.92 Å². The summed E-state index contributed by atoms with van der Waals surface area (Å²) in [4.78, 5) is 32.0. The SMILES string of the molecule is CCCCCNC(=O)c1cc(Nc2cccc(NC(C)=O)c2)nc(C)n1. The topological polar surface area (TPSA) is 96.0 Å². The van der Waals surface area contributed by atoms with E-state index >= 15 is 0 Å². The quantitative estimate of drug-likeness (QED) is 0.631.